The fourth-order valence-electron chi connectivity index (χ4n) is 4.35. The van der Waals surface area contributed by atoms with Crippen LogP contribution in [-0.2, 0) is 43.5 Å². The molecule has 0 aliphatic carbocycles. The number of benzene rings is 2. The van der Waals surface area contributed by atoms with Gasteiger partial charge in [-0.2, -0.15) is 0 Å². The van der Waals surface area contributed by atoms with Gasteiger partial charge in [-0.25, -0.2) is 0 Å². The van der Waals surface area contributed by atoms with Gasteiger partial charge in [0.15, 0.2) is 5.92 Å². The first-order valence-electron chi connectivity index (χ1n) is 14.1. The van der Waals surface area contributed by atoms with Crippen molar-refractivity contribution in [3.63, 3.8) is 0 Å². The normalized spacial score (nSPS) is 12.7. The summed E-state index contributed by atoms with van der Waals surface area (Å²) in [6.07, 6.45) is -0.772. The number of aliphatic hydroxyl groups is 1. The Morgan fingerprint density at radius 3 is 1.86 bits per heavy atom. The van der Waals surface area contributed by atoms with E-state index < -0.39 is 41.3 Å². The second-order valence-electron chi connectivity index (χ2n) is 9.40. The molecule has 0 radical (unpaired) electrons. The van der Waals surface area contributed by atoms with Gasteiger partial charge in [-0.15, -0.1) is 0 Å². The van der Waals surface area contributed by atoms with Crippen molar-refractivity contribution in [3.05, 3.63) is 64.7 Å². The van der Waals surface area contributed by atoms with E-state index in [1.807, 2.05) is 6.92 Å². The zero-order valence-corrected chi connectivity index (χ0v) is 25.8. The van der Waals surface area contributed by atoms with E-state index >= 15 is 0 Å². The highest BCUT2D eigenvalue weighted by Gasteiger charge is 2.63. The third-order valence-corrected chi connectivity index (χ3v) is 6.61. The van der Waals surface area contributed by atoms with Gasteiger partial charge < -0.3 is 34.1 Å². The van der Waals surface area contributed by atoms with E-state index in [0.717, 1.165) is 0 Å². The summed E-state index contributed by atoms with van der Waals surface area (Å²) in [6, 6.07) is 12.5. The van der Waals surface area contributed by atoms with Gasteiger partial charge in [-0.1, -0.05) is 35.9 Å². The number of hydrogen-bond acceptors (Lipinski definition) is 11. The minimum atomic E-state index is -2.55. The summed E-state index contributed by atoms with van der Waals surface area (Å²) in [4.78, 5) is 53.5. The van der Waals surface area contributed by atoms with Gasteiger partial charge in [0, 0.05) is 17.6 Å². The Bertz CT molecular complexity index is 1180. The molecule has 0 amide bonds. The molecule has 11 nitrogen and oxygen atoms in total. The van der Waals surface area contributed by atoms with Crippen molar-refractivity contribution in [1.29, 1.82) is 0 Å². The lowest BCUT2D eigenvalue weighted by atomic mass is 9.69. The smallest absolute Gasteiger partial charge is 0.329 e. The number of aliphatic hydroxyl groups excluding tert-OH is 1. The largest absolute Gasteiger partial charge is 0.492 e. The zero-order valence-electron chi connectivity index (χ0n) is 25.1. The molecule has 2 atom stereocenters. The van der Waals surface area contributed by atoms with Crippen molar-refractivity contribution < 1.29 is 48.0 Å². The molecular formula is C31H40ClNO10. The number of hydrogen-bond donors (Lipinski definition) is 2. The molecule has 0 heterocycles. The number of halogens is 1. The van der Waals surface area contributed by atoms with Gasteiger partial charge in [0.2, 0.25) is 5.41 Å². The van der Waals surface area contributed by atoms with Crippen molar-refractivity contribution in [1.82, 2.24) is 5.32 Å². The number of carbonyl (C=O) groups is 4. The molecule has 0 fully saturated rings. The fourth-order valence-corrected chi connectivity index (χ4v) is 4.55. The van der Waals surface area contributed by atoms with Gasteiger partial charge in [-0.05, 0) is 70.0 Å². The highest BCUT2D eigenvalue weighted by Crippen LogP contribution is 2.39. The monoisotopic (exact) mass is 621 g/mol. The summed E-state index contributed by atoms with van der Waals surface area (Å²) < 4.78 is 26.5. The van der Waals surface area contributed by atoms with Crippen LogP contribution >= 0.6 is 11.6 Å². The molecule has 0 aromatic heterocycles. The highest BCUT2D eigenvalue weighted by atomic mass is 35.5. The van der Waals surface area contributed by atoms with Crippen molar-refractivity contribution >= 4 is 35.5 Å². The van der Waals surface area contributed by atoms with E-state index in [4.69, 9.17) is 35.3 Å². The van der Waals surface area contributed by atoms with Gasteiger partial charge in [0.05, 0.1) is 32.5 Å². The molecule has 0 aliphatic heterocycles. The van der Waals surface area contributed by atoms with Crippen molar-refractivity contribution in [2.45, 2.75) is 52.2 Å². The molecule has 2 aromatic carbocycles. The summed E-state index contributed by atoms with van der Waals surface area (Å²) in [6.45, 7) is 7.91. The summed E-state index contributed by atoms with van der Waals surface area (Å²) in [5.74, 6) is -6.26. The van der Waals surface area contributed by atoms with Crippen LogP contribution < -0.4 is 10.1 Å². The predicted molar refractivity (Wildman–Crippen MR) is 158 cm³/mol. The number of ether oxygens (including phenoxy) is 5. The Labute approximate surface area is 256 Å². The third-order valence-electron chi connectivity index (χ3n) is 6.38. The molecule has 0 bridgehead atoms. The van der Waals surface area contributed by atoms with Crippen LogP contribution in [0.5, 0.6) is 5.75 Å². The quantitative estimate of drug-likeness (QED) is 0.152. The highest BCUT2D eigenvalue weighted by molar-refractivity contribution is 6.30. The molecule has 2 unspecified atom stereocenters. The Morgan fingerprint density at radius 2 is 1.37 bits per heavy atom. The molecule has 0 aliphatic rings. The van der Waals surface area contributed by atoms with Crippen molar-refractivity contribution in [2.24, 2.45) is 5.92 Å². The Hall–Kier alpha value is -3.67. The van der Waals surface area contributed by atoms with Gasteiger partial charge in [0.25, 0.3) is 0 Å². The number of carbonyl (C=O) groups excluding carboxylic acids is 4. The van der Waals surface area contributed by atoms with Crippen LogP contribution in [0, 0.1) is 5.92 Å². The average molecular weight is 622 g/mol. The molecular weight excluding hydrogens is 582 g/mol. The molecule has 2 rings (SSSR count). The standard InChI is InChI=1S/C31H40ClNO10/c1-6-39-27(35)26(28(36)40-7-2)31(29(37)41-8-3,30(38)42-9-4)22-13-15-24(16-14-22)43-19-20(5)33-18-25(34)21-11-10-12-23(32)17-21/h10-17,20,25-26,33-34H,6-9,18-19H2,1-5H3. The predicted octanol–water partition coefficient (Wildman–Crippen LogP) is 3.54. The van der Waals surface area contributed by atoms with Gasteiger partial charge in [0.1, 0.15) is 12.4 Å². The Morgan fingerprint density at radius 1 is 0.837 bits per heavy atom. The van der Waals surface area contributed by atoms with E-state index in [1.54, 1.807) is 24.3 Å². The summed E-state index contributed by atoms with van der Waals surface area (Å²) in [5, 5.41) is 14.2. The first kappa shape index (κ1) is 35.5. The molecule has 236 valence electrons. The average Bonchev–Trinajstić information content (AvgIpc) is 2.98. The van der Waals surface area contributed by atoms with Crippen LogP contribution in [0.15, 0.2) is 48.5 Å². The molecule has 2 aromatic rings. The number of rotatable bonds is 17. The minimum absolute atomic E-state index is 0.0429. The van der Waals surface area contributed by atoms with Crippen LogP contribution in [0.1, 0.15) is 51.8 Å². The maximum absolute atomic E-state index is 13.6. The summed E-state index contributed by atoms with van der Waals surface area (Å²) >= 11 is 6.00. The molecule has 12 heteroatoms. The van der Waals surface area contributed by atoms with Gasteiger partial charge in [-0.3, -0.25) is 19.2 Å². The third kappa shape index (κ3) is 9.16. The molecule has 43 heavy (non-hydrogen) atoms. The minimum Gasteiger partial charge on any atom is -0.492 e. The topological polar surface area (TPSA) is 147 Å². The van der Waals surface area contributed by atoms with Gasteiger partial charge >= 0.3 is 23.9 Å². The molecule has 0 saturated heterocycles. The first-order chi connectivity index (χ1) is 20.6. The molecule has 2 N–H and O–H groups in total. The maximum Gasteiger partial charge on any atom is 0.329 e. The van der Waals surface area contributed by atoms with Crippen LogP contribution in [0.2, 0.25) is 5.02 Å². The van der Waals surface area contributed by atoms with Crippen molar-refractivity contribution in [3.8, 4) is 5.75 Å². The molecule has 0 saturated carbocycles. The second-order valence-corrected chi connectivity index (χ2v) is 9.84. The van der Waals surface area contributed by atoms with E-state index in [2.05, 4.69) is 5.32 Å². The van der Waals surface area contributed by atoms with Crippen molar-refractivity contribution in [2.75, 3.05) is 39.6 Å². The fraction of sp³-hybridized carbons (Fsp3) is 0.484. The first-order valence-corrected chi connectivity index (χ1v) is 14.5. The van der Waals surface area contributed by atoms with E-state index in [0.29, 0.717) is 16.3 Å². The Balaban J connectivity index is 2.35. The van der Waals surface area contributed by atoms with E-state index in [1.165, 1.54) is 52.0 Å². The zero-order chi connectivity index (χ0) is 32.0. The lowest BCUT2D eigenvalue weighted by molar-refractivity contribution is -0.182. The molecule has 0 spiro atoms. The van der Waals surface area contributed by atoms with Crippen LogP contribution in [0.4, 0.5) is 0 Å². The summed E-state index contributed by atoms with van der Waals surface area (Å²) in [5.41, 5.74) is -1.91. The summed E-state index contributed by atoms with van der Waals surface area (Å²) in [7, 11) is 0. The maximum atomic E-state index is 13.6. The van der Waals surface area contributed by atoms with Crippen LogP contribution in [0.3, 0.4) is 0 Å². The number of esters is 4. The lowest BCUT2D eigenvalue weighted by Crippen LogP contribution is -2.57. The lowest BCUT2D eigenvalue weighted by Gasteiger charge is -2.34. The van der Waals surface area contributed by atoms with Crippen LogP contribution in [0.25, 0.3) is 0 Å². The Kier molecular flexibility index (Phi) is 14.4. The second kappa shape index (κ2) is 17.4. The SMILES string of the molecule is CCOC(=O)C(C(=O)OCC)C(C(=O)OCC)(C(=O)OCC)c1ccc(OCC(C)NCC(O)c2cccc(Cl)c2)cc1. The number of nitrogens with one attached hydrogen (secondary N) is 1. The van der Waals surface area contributed by atoms with E-state index in [9.17, 15) is 24.3 Å². The van der Waals surface area contributed by atoms with E-state index in [-0.39, 0.29) is 51.2 Å². The van der Waals surface area contributed by atoms with Crippen LogP contribution in [-0.4, -0.2) is 74.6 Å².